The van der Waals surface area contributed by atoms with Crippen molar-refractivity contribution in [2.75, 3.05) is 63.3 Å². The van der Waals surface area contributed by atoms with Crippen molar-refractivity contribution in [3.05, 3.63) is 35.0 Å². The van der Waals surface area contributed by atoms with E-state index in [0.717, 1.165) is 81.2 Å². The van der Waals surface area contributed by atoms with Crippen molar-refractivity contribution in [3.8, 4) is 11.5 Å². The van der Waals surface area contributed by atoms with Crippen LogP contribution in [-0.4, -0.2) is 68.4 Å². The molecule has 1 saturated heterocycles. The van der Waals surface area contributed by atoms with E-state index in [1.807, 2.05) is 0 Å². The summed E-state index contributed by atoms with van der Waals surface area (Å²) in [7, 11) is 3.37. The average molecular weight is 398 g/mol. The second kappa shape index (κ2) is 8.45. The first kappa shape index (κ1) is 19.8. The maximum absolute atomic E-state index is 5.50. The normalized spacial score (nSPS) is 17.2. The summed E-state index contributed by atoms with van der Waals surface area (Å²) in [6.07, 6.45) is 0.962. The predicted molar refractivity (Wildman–Crippen MR) is 115 cm³/mol. The average Bonchev–Trinajstić information content (AvgIpc) is 2.77. The van der Waals surface area contributed by atoms with Gasteiger partial charge in [0, 0.05) is 51.0 Å². The molecule has 0 unspecified atom stereocenters. The fourth-order valence-electron chi connectivity index (χ4n) is 4.18. The largest absolute Gasteiger partial charge is 0.493 e. The maximum Gasteiger partial charge on any atom is 0.227 e. The van der Waals surface area contributed by atoms with Crippen molar-refractivity contribution < 1.29 is 9.47 Å². The van der Waals surface area contributed by atoms with E-state index in [1.165, 1.54) is 11.1 Å². The predicted octanol–water partition coefficient (Wildman–Crippen LogP) is 2.51. The van der Waals surface area contributed by atoms with Crippen molar-refractivity contribution in [1.82, 2.24) is 14.9 Å². The van der Waals surface area contributed by atoms with Crippen LogP contribution in [0.15, 0.2) is 18.2 Å². The molecule has 0 aliphatic carbocycles. The van der Waals surface area contributed by atoms with Crippen LogP contribution < -0.4 is 19.3 Å². The molecule has 156 valence electrons. The highest BCUT2D eigenvalue weighted by Gasteiger charge is 2.23. The molecule has 7 nitrogen and oxygen atoms in total. The van der Waals surface area contributed by atoms with Crippen molar-refractivity contribution in [1.29, 1.82) is 0 Å². The Morgan fingerprint density at radius 2 is 1.55 bits per heavy atom. The Labute approximate surface area is 173 Å². The lowest BCUT2D eigenvalue weighted by atomic mass is 9.99. The van der Waals surface area contributed by atoms with Crippen LogP contribution in [-0.2, 0) is 13.0 Å². The fourth-order valence-corrected chi connectivity index (χ4v) is 4.18. The zero-order valence-corrected chi connectivity index (χ0v) is 17.9. The molecule has 0 radical (unpaired) electrons. The van der Waals surface area contributed by atoms with Gasteiger partial charge in [-0.15, -0.1) is 0 Å². The molecule has 1 aromatic carbocycles. The highest BCUT2D eigenvalue weighted by molar-refractivity contribution is 5.53. The van der Waals surface area contributed by atoms with Gasteiger partial charge in [-0.25, -0.2) is 4.98 Å². The van der Waals surface area contributed by atoms with E-state index in [1.54, 1.807) is 14.2 Å². The number of piperazine rings is 1. The summed E-state index contributed by atoms with van der Waals surface area (Å²) >= 11 is 0. The number of methoxy groups -OCH3 is 2. The molecule has 0 atom stereocenters. The molecule has 3 heterocycles. The van der Waals surface area contributed by atoms with E-state index in [4.69, 9.17) is 19.4 Å². The number of rotatable bonds is 5. The zero-order valence-electron chi connectivity index (χ0n) is 17.9. The number of ether oxygens (including phenoxy) is 2. The Balaban J connectivity index is 1.56. The van der Waals surface area contributed by atoms with Gasteiger partial charge in [-0.3, -0.25) is 0 Å². The summed E-state index contributed by atoms with van der Waals surface area (Å²) < 4.78 is 11.0. The third-order valence-corrected chi connectivity index (χ3v) is 5.97. The summed E-state index contributed by atoms with van der Waals surface area (Å²) in [4.78, 5) is 16.8. The summed E-state index contributed by atoms with van der Waals surface area (Å²) in [5.41, 5.74) is 3.60. The van der Waals surface area contributed by atoms with Crippen molar-refractivity contribution in [3.63, 3.8) is 0 Å². The Morgan fingerprint density at radius 3 is 2.21 bits per heavy atom. The van der Waals surface area contributed by atoms with Crippen molar-refractivity contribution in [2.24, 2.45) is 0 Å². The van der Waals surface area contributed by atoms with Gasteiger partial charge in [0.25, 0.3) is 0 Å². The van der Waals surface area contributed by atoms with E-state index in [-0.39, 0.29) is 0 Å². The van der Waals surface area contributed by atoms with Crippen LogP contribution in [0.25, 0.3) is 0 Å². The number of aromatic nitrogens is 2. The minimum absolute atomic E-state index is 0.779. The van der Waals surface area contributed by atoms with Crippen molar-refractivity contribution in [2.45, 2.75) is 26.8 Å². The molecule has 0 saturated carbocycles. The molecule has 0 spiro atoms. The van der Waals surface area contributed by atoms with Crippen LogP contribution in [0, 0.1) is 6.92 Å². The van der Waals surface area contributed by atoms with Gasteiger partial charge in [0.05, 0.1) is 14.2 Å². The van der Waals surface area contributed by atoms with Crippen LogP contribution in [0.2, 0.25) is 0 Å². The Kier molecular flexibility index (Phi) is 5.76. The molecule has 2 aromatic rings. The summed E-state index contributed by atoms with van der Waals surface area (Å²) in [5.74, 6) is 3.44. The standard InChI is InChI=1S/C22H31N5O2/c1-5-25-8-10-26(11-9-25)22-23-16(2)12-21(24-22)27-7-6-17-13-19(28-3)20(29-4)14-18(17)15-27/h12-14H,5-11,15H2,1-4H3. The molecule has 0 N–H and O–H groups in total. The van der Waals surface area contributed by atoms with Crippen molar-refractivity contribution >= 4 is 11.8 Å². The van der Waals surface area contributed by atoms with E-state index in [0.29, 0.717) is 0 Å². The minimum Gasteiger partial charge on any atom is -0.493 e. The number of hydrogen-bond donors (Lipinski definition) is 0. The molecule has 7 heteroatoms. The quantitative estimate of drug-likeness (QED) is 0.768. The third-order valence-electron chi connectivity index (χ3n) is 5.97. The number of anilines is 2. The van der Waals surface area contributed by atoms with E-state index >= 15 is 0 Å². The zero-order chi connectivity index (χ0) is 20.4. The minimum atomic E-state index is 0.779. The van der Waals surface area contributed by atoms with Gasteiger partial charge in [0.2, 0.25) is 5.95 Å². The van der Waals surface area contributed by atoms with Gasteiger partial charge in [0.1, 0.15) is 5.82 Å². The highest BCUT2D eigenvalue weighted by atomic mass is 16.5. The van der Waals surface area contributed by atoms with Crippen LogP contribution in [0.1, 0.15) is 23.7 Å². The molecule has 29 heavy (non-hydrogen) atoms. The van der Waals surface area contributed by atoms with Gasteiger partial charge >= 0.3 is 0 Å². The molecule has 1 aromatic heterocycles. The second-order valence-electron chi connectivity index (χ2n) is 7.74. The summed E-state index contributed by atoms with van der Waals surface area (Å²) in [5, 5.41) is 0. The first-order valence-corrected chi connectivity index (χ1v) is 10.4. The summed E-state index contributed by atoms with van der Waals surface area (Å²) in [6, 6.07) is 6.30. The molecule has 0 bridgehead atoms. The maximum atomic E-state index is 5.50. The third kappa shape index (κ3) is 4.10. The molecule has 1 fully saturated rings. The molecule has 4 rings (SSSR count). The van der Waals surface area contributed by atoms with Gasteiger partial charge in [0.15, 0.2) is 11.5 Å². The Bertz CT molecular complexity index is 865. The first-order valence-electron chi connectivity index (χ1n) is 10.4. The Morgan fingerprint density at radius 1 is 0.862 bits per heavy atom. The lowest BCUT2D eigenvalue weighted by molar-refractivity contribution is 0.270. The second-order valence-corrected chi connectivity index (χ2v) is 7.74. The van der Waals surface area contributed by atoms with Gasteiger partial charge in [-0.1, -0.05) is 6.92 Å². The van der Waals surface area contributed by atoms with Crippen LogP contribution >= 0.6 is 0 Å². The number of benzene rings is 1. The van der Waals surface area contributed by atoms with E-state index in [2.05, 4.69) is 46.7 Å². The first-order chi connectivity index (χ1) is 14.1. The van der Waals surface area contributed by atoms with E-state index < -0.39 is 0 Å². The summed E-state index contributed by atoms with van der Waals surface area (Å²) in [6.45, 7) is 11.2. The molecular formula is C22H31N5O2. The van der Waals surface area contributed by atoms with Crippen LogP contribution in [0.5, 0.6) is 11.5 Å². The highest BCUT2D eigenvalue weighted by Crippen LogP contribution is 2.34. The monoisotopic (exact) mass is 397 g/mol. The number of aryl methyl sites for hydroxylation is 1. The number of likely N-dealkylation sites (N-methyl/N-ethyl adjacent to an activating group) is 1. The fraction of sp³-hybridized carbons (Fsp3) is 0.545. The molecule has 2 aliphatic heterocycles. The smallest absolute Gasteiger partial charge is 0.227 e. The Hall–Kier alpha value is -2.54. The van der Waals surface area contributed by atoms with E-state index in [9.17, 15) is 0 Å². The van der Waals surface area contributed by atoms with Gasteiger partial charge < -0.3 is 24.2 Å². The topological polar surface area (TPSA) is 54.0 Å². The van der Waals surface area contributed by atoms with Gasteiger partial charge in [-0.05, 0) is 43.1 Å². The van der Waals surface area contributed by atoms with Crippen LogP contribution in [0.4, 0.5) is 11.8 Å². The lowest BCUT2D eigenvalue weighted by Gasteiger charge is -2.35. The number of hydrogen-bond acceptors (Lipinski definition) is 7. The molecular weight excluding hydrogens is 366 g/mol. The van der Waals surface area contributed by atoms with Crippen LogP contribution in [0.3, 0.4) is 0 Å². The lowest BCUT2D eigenvalue weighted by Crippen LogP contribution is -2.47. The molecule has 0 amide bonds. The number of nitrogens with zero attached hydrogens (tertiary/aromatic N) is 5. The van der Waals surface area contributed by atoms with Gasteiger partial charge in [-0.2, -0.15) is 4.98 Å². The SMILES string of the molecule is CCN1CCN(c2nc(C)cc(N3CCc4cc(OC)c(OC)cc4C3)n2)CC1. The number of fused-ring (bicyclic) bond motifs is 1. The molecule has 2 aliphatic rings.